The number of hydrogen-bond donors (Lipinski definition) is 0. The van der Waals surface area contributed by atoms with Gasteiger partial charge in [-0.2, -0.15) is 5.10 Å². The molecule has 166 valence electrons. The topological polar surface area (TPSA) is 73.7 Å². The molecule has 0 atom stereocenters. The highest BCUT2D eigenvalue weighted by atomic mass is 16.5. The number of ether oxygens (including phenoxy) is 2. The summed E-state index contributed by atoms with van der Waals surface area (Å²) in [6, 6.07) is 18.6. The van der Waals surface area contributed by atoms with E-state index in [1.54, 1.807) is 26.4 Å². The average molecular weight is 441 g/mol. The summed E-state index contributed by atoms with van der Waals surface area (Å²) < 4.78 is 12.7. The fourth-order valence-corrected chi connectivity index (χ4v) is 4.37. The van der Waals surface area contributed by atoms with Crippen LogP contribution in [0.5, 0.6) is 11.5 Å². The van der Waals surface area contributed by atoms with E-state index >= 15 is 0 Å². The van der Waals surface area contributed by atoms with Crippen molar-refractivity contribution in [2.24, 2.45) is 0 Å². The number of nitrogens with zero attached hydrogens (tertiary/aromatic N) is 3. The van der Waals surface area contributed by atoms with Crippen LogP contribution in [0.1, 0.15) is 32.0 Å². The lowest BCUT2D eigenvalue weighted by Crippen LogP contribution is -2.31. The van der Waals surface area contributed by atoms with Gasteiger partial charge in [-0.25, -0.2) is 4.68 Å². The second kappa shape index (κ2) is 8.43. The van der Waals surface area contributed by atoms with E-state index in [4.69, 9.17) is 14.6 Å². The lowest BCUT2D eigenvalue weighted by molar-refractivity contribution is 0.0749. The minimum atomic E-state index is -0.0342. The fourth-order valence-electron chi connectivity index (χ4n) is 4.37. The summed E-state index contributed by atoms with van der Waals surface area (Å²) in [5.74, 6) is 1.35. The lowest BCUT2D eigenvalue weighted by Gasteiger charge is -2.23. The van der Waals surface area contributed by atoms with Crippen molar-refractivity contribution in [3.8, 4) is 17.2 Å². The maximum atomic E-state index is 13.6. The molecule has 0 spiro atoms. The number of hydrogen-bond acceptors (Lipinski definition) is 5. The van der Waals surface area contributed by atoms with Gasteiger partial charge in [-0.15, -0.1) is 0 Å². The predicted octanol–water partition coefficient (Wildman–Crippen LogP) is 4.05. The third kappa shape index (κ3) is 3.61. The van der Waals surface area contributed by atoms with Crippen molar-refractivity contribution in [3.05, 3.63) is 83.0 Å². The maximum Gasteiger partial charge on any atom is 0.254 e. The molecule has 0 fully saturated rings. The summed E-state index contributed by atoms with van der Waals surface area (Å²) in [7, 11) is 3.23. The van der Waals surface area contributed by atoms with Crippen molar-refractivity contribution in [1.29, 1.82) is 0 Å². The molecule has 0 bridgehead atoms. The first kappa shape index (κ1) is 20.8. The molecule has 1 aromatic heterocycles. The minimum Gasteiger partial charge on any atom is -0.497 e. The molecular formula is C26H23N3O4. The molecule has 2 heterocycles. The standard InChI is InChI=1S/C26H23N3O4/c1-32-20-11-8-18(24(14-20)33-2)15-28-13-12-23-25-21(26(28)31)4-3-5-22(25)27-29(23)19-9-6-17(16-30)7-10-19/h3-11,14,16H,12-13,15H2,1-2H3. The zero-order chi connectivity index (χ0) is 22.9. The Balaban J connectivity index is 1.54. The Bertz CT molecular complexity index is 1360. The van der Waals surface area contributed by atoms with Gasteiger partial charge in [0.15, 0.2) is 0 Å². The Morgan fingerprint density at radius 2 is 1.85 bits per heavy atom. The Morgan fingerprint density at radius 1 is 1.03 bits per heavy atom. The third-order valence-electron chi connectivity index (χ3n) is 6.06. The first-order chi connectivity index (χ1) is 16.1. The zero-order valence-corrected chi connectivity index (χ0v) is 18.4. The van der Waals surface area contributed by atoms with Crippen LogP contribution in [-0.2, 0) is 13.0 Å². The van der Waals surface area contributed by atoms with Gasteiger partial charge in [0.1, 0.15) is 17.8 Å². The molecule has 7 nitrogen and oxygen atoms in total. The smallest absolute Gasteiger partial charge is 0.254 e. The number of benzene rings is 3. The van der Waals surface area contributed by atoms with E-state index in [0.29, 0.717) is 42.1 Å². The summed E-state index contributed by atoms with van der Waals surface area (Å²) in [4.78, 5) is 26.5. The summed E-state index contributed by atoms with van der Waals surface area (Å²) in [6.07, 6.45) is 1.47. The Hall–Kier alpha value is -4.13. The van der Waals surface area contributed by atoms with Crippen LogP contribution < -0.4 is 9.47 Å². The third-order valence-corrected chi connectivity index (χ3v) is 6.06. The van der Waals surface area contributed by atoms with Gasteiger partial charge in [0.05, 0.1) is 36.7 Å². The van der Waals surface area contributed by atoms with Crippen LogP contribution in [-0.4, -0.2) is 47.6 Å². The van der Waals surface area contributed by atoms with Gasteiger partial charge in [0.2, 0.25) is 0 Å². The van der Waals surface area contributed by atoms with E-state index in [2.05, 4.69) is 0 Å². The fraction of sp³-hybridized carbons (Fsp3) is 0.192. The molecule has 0 saturated carbocycles. The largest absolute Gasteiger partial charge is 0.497 e. The Kier molecular flexibility index (Phi) is 5.30. The molecule has 0 aliphatic carbocycles. The molecule has 1 aliphatic rings. The number of aldehydes is 1. The molecule has 0 radical (unpaired) electrons. The van der Waals surface area contributed by atoms with Gasteiger partial charge in [-0.1, -0.05) is 6.07 Å². The first-order valence-electron chi connectivity index (χ1n) is 10.7. The Labute approximate surface area is 191 Å². The molecule has 0 saturated heterocycles. The molecule has 33 heavy (non-hydrogen) atoms. The second-order valence-electron chi connectivity index (χ2n) is 7.92. The van der Waals surface area contributed by atoms with Crippen molar-refractivity contribution >= 4 is 23.1 Å². The summed E-state index contributed by atoms with van der Waals surface area (Å²) in [6.45, 7) is 0.962. The van der Waals surface area contributed by atoms with E-state index in [1.807, 2.05) is 58.1 Å². The van der Waals surface area contributed by atoms with Gasteiger partial charge >= 0.3 is 0 Å². The average Bonchev–Trinajstić information content (AvgIpc) is 3.18. The molecular weight excluding hydrogens is 418 g/mol. The minimum absolute atomic E-state index is 0.0342. The number of carbonyl (C=O) groups is 2. The van der Waals surface area contributed by atoms with E-state index < -0.39 is 0 Å². The first-order valence-corrected chi connectivity index (χ1v) is 10.7. The summed E-state index contributed by atoms with van der Waals surface area (Å²) in [5.41, 5.74) is 4.78. The SMILES string of the molecule is COc1ccc(CN2CCc3c4c(cccc4nn3-c3ccc(C=O)cc3)C2=O)c(OC)c1. The van der Waals surface area contributed by atoms with Crippen LogP contribution in [0.2, 0.25) is 0 Å². The second-order valence-corrected chi connectivity index (χ2v) is 7.92. The van der Waals surface area contributed by atoms with Crippen LogP contribution in [0.25, 0.3) is 16.6 Å². The van der Waals surface area contributed by atoms with Crippen molar-refractivity contribution in [2.45, 2.75) is 13.0 Å². The highest BCUT2D eigenvalue weighted by Crippen LogP contribution is 2.32. The quantitative estimate of drug-likeness (QED) is 0.422. The molecule has 3 aromatic carbocycles. The summed E-state index contributed by atoms with van der Waals surface area (Å²) >= 11 is 0. The van der Waals surface area contributed by atoms with Gasteiger partial charge in [-0.05, 0) is 48.5 Å². The molecule has 1 amide bonds. The van der Waals surface area contributed by atoms with Crippen molar-refractivity contribution in [1.82, 2.24) is 14.7 Å². The predicted molar refractivity (Wildman–Crippen MR) is 124 cm³/mol. The summed E-state index contributed by atoms with van der Waals surface area (Å²) in [5, 5.41) is 5.65. The van der Waals surface area contributed by atoms with Crippen LogP contribution in [0.15, 0.2) is 60.7 Å². The Morgan fingerprint density at radius 3 is 2.58 bits per heavy atom. The van der Waals surface area contributed by atoms with Crippen LogP contribution in [0.3, 0.4) is 0 Å². The van der Waals surface area contributed by atoms with Gasteiger partial charge < -0.3 is 14.4 Å². The van der Waals surface area contributed by atoms with Crippen LogP contribution in [0, 0.1) is 0 Å². The van der Waals surface area contributed by atoms with Crippen LogP contribution >= 0.6 is 0 Å². The van der Waals surface area contributed by atoms with Gasteiger partial charge in [0, 0.05) is 42.1 Å². The van der Waals surface area contributed by atoms with Gasteiger partial charge in [-0.3, -0.25) is 9.59 Å². The van der Waals surface area contributed by atoms with Gasteiger partial charge in [0.25, 0.3) is 5.91 Å². The van der Waals surface area contributed by atoms with Crippen LogP contribution in [0.4, 0.5) is 0 Å². The number of carbonyl (C=O) groups excluding carboxylic acids is 2. The lowest BCUT2D eigenvalue weighted by atomic mass is 10.1. The van der Waals surface area contributed by atoms with E-state index in [9.17, 15) is 9.59 Å². The van der Waals surface area contributed by atoms with E-state index in [0.717, 1.165) is 34.1 Å². The molecule has 0 unspecified atom stereocenters. The molecule has 4 aromatic rings. The van der Waals surface area contributed by atoms with E-state index in [-0.39, 0.29) is 5.91 Å². The maximum absolute atomic E-state index is 13.6. The normalized spacial score (nSPS) is 13.2. The number of methoxy groups -OCH3 is 2. The highest BCUT2D eigenvalue weighted by molar-refractivity contribution is 6.08. The molecule has 5 rings (SSSR count). The highest BCUT2D eigenvalue weighted by Gasteiger charge is 2.28. The molecule has 1 aliphatic heterocycles. The van der Waals surface area contributed by atoms with E-state index in [1.165, 1.54) is 0 Å². The monoisotopic (exact) mass is 441 g/mol. The number of aromatic nitrogens is 2. The zero-order valence-electron chi connectivity index (χ0n) is 18.4. The van der Waals surface area contributed by atoms with Crippen molar-refractivity contribution in [2.75, 3.05) is 20.8 Å². The van der Waals surface area contributed by atoms with Crippen molar-refractivity contribution in [3.63, 3.8) is 0 Å². The van der Waals surface area contributed by atoms with Crippen molar-refractivity contribution < 1.29 is 19.1 Å². The number of rotatable bonds is 6. The molecule has 0 N–H and O–H groups in total. The number of amides is 1. The molecule has 7 heteroatoms.